The monoisotopic (exact) mass is 609 g/mol. The van der Waals surface area contributed by atoms with Crippen LogP contribution < -0.4 is 20.7 Å². The third-order valence-electron chi connectivity index (χ3n) is 8.26. The van der Waals surface area contributed by atoms with Crippen molar-refractivity contribution in [3.8, 4) is 16.9 Å². The van der Waals surface area contributed by atoms with E-state index in [0.29, 0.717) is 29.4 Å². The van der Waals surface area contributed by atoms with Gasteiger partial charge < -0.3 is 20.7 Å². The maximum atomic E-state index is 12.6. The summed E-state index contributed by atoms with van der Waals surface area (Å²) < 4.78 is 7.83. The van der Waals surface area contributed by atoms with E-state index in [0.717, 1.165) is 36.2 Å². The molecule has 3 N–H and O–H groups in total. The molecule has 4 heterocycles. The molecule has 1 aliphatic heterocycles. The Balaban J connectivity index is 1.20. The first-order chi connectivity index (χ1) is 21.7. The number of ether oxygens (including phenoxy) is 1. The molecule has 232 valence electrons. The van der Waals surface area contributed by atoms with Gasteiger partial charge in [-0.2, -0.15) is 5.10 Å². The number of amides is 2. The molecule has 1 aliphatic carbocycles. The van der Waals surface area contributed by atoms with Gasteiger partial charge in [0.05, 0.1) is 36.4 Å². The molecule has 1 unspecified atom stereocenters. The predicted octanol–water partition coefficient (Wildman–Crippen LogP) is 3.84. The molecule has 4 aromatic rings. The average Bonchev–Trinajstić information content (AvgIpc) is 3.80. The molecular formula is C32H35N9O4. The van der Waals surface area contributed by atoms with Crippen molar-refractivity contribution in [3.05, 3.63) is 71.9 Å². The molecule has 0 radical (unpaired) electrons. The summed E-state index contributed by atoms with van der Waals surface area (Å²) in [6, 6.07) is 13.2. The van der Waals surface area contributed by atoms with Crippen LogP contribution in [0.2, 0.25) is 0 Å². The van der Waals surface area contributed by atoms with E-state index in [1.807, 2.05) is 47.4 Å². The third kappa shape index (κ3) is 6.25. The number of likely N-dealkylation sites (tertiary alicyclic amines) is 1. The number of nitrogens with zero attached hydrogens (tertiary/aromatic N) is 6. The smallest absolute Gasteiger partial charge is 0.273 e. The summed E-state index contributed by atoms with van der Waals surface area (Å²) in [5, 5.41) is 21.5. The van der Waals surface area contributed by atoms with Crippen molar-refractivity contribution in [2.75, 3.05) is 31.3 Å². The largest absolute Gasteiger partial charge is 0.494 e. The fourth-order valence-electron chi connectivity index (χ4n) is 5.44. The summed E-state index contributed by atoms with van der Waals surface area (Å²) in [5.74, 6) is 0.225. The first kappa shape index (κ1) is 29.9. The topological polar surface area (TPSA) is 156 Å². The number of para-hydroxylation sites is 1. The molecule has 45 heavy (non-hydrogen) atoms. The fraction of sp³-hybridized carbons (Fsp3) is 0.344. The Morgan fingerprint density at radius 3 is 2.58 bits per heavy atom. The van der Waals surface area contributed by atoms with Gasteiger partial charge in [-0.05, 0) is 38.0 Å². The minimum absolute atomic E-state index is 0.00710. The highest BCUT2D eigenvalue weighted by molar-refractivity contribution is 6.00. The number of methoxy groups -OCH3 is 1. The number of carbonyl (C=O) groups excluding carboxylic acids is 3. The number of ketones is 1. The van der Waals surface area contributed by atoms with Crippen molar-refractivity contribution >= 4 is 34.8 Å². The van der Waals surface area contributed by atoms with Crippen molar-refractivity contribution in [1.82, 2.24) is 35.2 Å². The van der Waals surface area contributed by atoms with Gasteiger partial charge in [0.2, 0.25) is 5.91 Å². The summed E-state index contributed by atoms with van der Waals surface area (Å²) in [6.07, 6.45) is 5.52. The maximum absolute atomic E-state index is 12.6. The molecular weight excluding hydrogens is 574 g/mol. The average molecular weight is 610 g/mol. The summed E-state index contributed by atoms with van der Waals surface area (Å²) in [6.45, 7) is 5.13. The molecule has 1 aromatic carbocycles. The highest BCUT2D eigenvalue weighted by Crippen LogP contribution is 2.39. The quantitative estimate of drug-likeness (QED) is 0.214. The zero-order chi connectivity index (χ0) is 31.7. The van der Waals surface area contributed by atoms with Gasteiger partial charge in [-0.25, -0.2) is 4.98 Å². The number of nitrogens with one attached hydrogen (secondary N) is 3. The van der Waals surface area contributed by atoms with E-state index in [-0.39, 0.29) is 41.2 Å². The molecule has 1 saturated heterocycles. The van der Waals surface area contributed by atoms with Crippen molar-refractivity contribution in [2.24, 2.45) is 5.92 Å². The molecule has 0 bridgehead atoms. The minimum Gasteiger partial charge on any atom is -0.494 e. The Morgan fingerprint density at radius 2 is 1.87 bits per heavy atom. The van der Waals surface area contributed by atoms with Crippen LogP contribution in [0.4, 0.5) is 17.2 Å². The van der Waals surface area contributed by atoms with Gasteiger partial charge in [-0.1, -0.05) is 18.2 Å². The van der Waals surface area contributed by atoms with E-state index in [1.54, 1.807) is 19.2 Å². The van der Waals surface area contributed by atoms with E-state index in [1.165, 1.54) is 14.0 Å². The molecule has 13 heteroatoms. The normalized spacial score (nSPS) is 17.7. The van der Waals surface area contributed by atoms with Gasteiger partial charge in [0.25, 0.3) is 5.91 Å². The Morgan fingerprint density at radius 1 is 1.07 bits per heavy atom. The Hall–Kier alpha value is -5.17. The number of aromatic nitrogens is 5. The Kier molecular flexibility index (Phi) is 8.26. The van der Waals surface area contributed by atoms with E-state index < -0.39 is 5.91 Å². The van der Waals surface area contributed by atoms with Gasteiger partial charge in [0, 0.05) is 62.4 Å². The Labute approximate surface area is 260 Å². The van der Waals surface area contributed by atoms with Gasteiger partial charge in [0.15, 0.2) is 17.3 Å². The number of rotatable bonds is 11. The zero-order valence-corrected chi connectivity index (χ0v) is 25.6. The maximum Gasteiger partial charge on any atom is 0.273 e. The van der Waals surface area contributed by atoms with Crippen LogP contribution in [0.5, 0.6) is 5.75 Å². The van der Waals surface area contributed by atoms with Crippen LogP contribution in [-0.4, -0.2) is 74.2 Å². The number of Topliss-reactive ketones (excluding diaryl/α,β-unsaturated/α-hetero) is 1. The van der Waals surface area contributed by atoms with E-state index in [4.69, 9.17) is 4.74 Å². The predicted molar refractivity (Wildman–Crippen MR) is 167 cm³/mol. The summed E-state index contributed by atoms with van der Waals surface area (Å²) >= 11 is 0. The molecule has 13 nitrogen and oxygen atoms in total. The lowest BCUT2D eigenvalue weighted by molar-refractivity contribution is -0.117. The van der Waals surface area contributed by atoms with Gasteiger partial charge >= 0.3 is 0 Å². The van der Waals surface area contributed by atoms with Crippen molar-refractivity contribution < 1.29 is 19.1 Å². The summed E-state index contributed by atoms with van der Waals surface area (Å²) in [5.41, 5.74) is 4.07. The van der Waals surface area contributed by atoms with Crippen LogP contribution in [-0.2, 0) is 11.3 Å². The van der Waals surface area contributed by atoms with Crippen molar-refractivity contribution in [2.45, 2.75) is 45.3 Å². The van der Waals surface area contributed by atoms with Crippen LogP contribution in [0.3, 0.4) is 0 Å². The van der Waals surface area contributed by atoms with E-state index in [9.17, 15) is 14.4 Å². The number of carbonyl (C=O) groups is 3. The highest BCUT2D eigenvalue weighted by Gasteiger charge is 2.37. The molecule has 2 atom stereocenters. The van der Waals surface area contributed by atoms with Crippen LogP contribution >= 0.6 is 0 Å². The minimum atomic E-state index is -0.424. The van der Waals surface area contributed by atoms with Crippen LogP contribution in [0.25, 0.3) is 11.1 Å². The standard InChI is InChI=1S/C32H35N9O4/c1-18-27(17-40(18)16-22-7-5-9-24(35-22)19(2)42)41-15-21(14-34-41)23-8-6-10-25(30(23)45-4)36-26-13-28(37-31(43)20-11-12-20)38-39-29(26)32(44)33-3/h5-10,13-15,18,20,27H,11-12,16-17H2,1-4H3,(H,33,44)(H2,36,37,38,43)/t18-,27?/m0/s1. The summed E-state index contributed by atoms with van der Waals surface area (Å²) in [4.78, 5) is 43.5. The molecule has 2 amide bonds. The SMILES string of the molecule is CNC(=O)c1nnc(NC(=O)C2CC2)cc1Nc1cccc(-c2cnn(C3CN(Cc4cccc(C(C)=O)n4)[C@H]3C)c2)c1OC. The van der Waals surface area contributed by atoms with Gasteiger partial charge in [-0.3, -0.25) is 24.0 Å². The van der Waals surface area contributed by atoms with E-state index in [2.05, 4.69) is 48.1 Å². The third-order valence-corrected chi connectivity index (χ3v) is 8.26. The fourth-order valence-corrected chi connectivity index (χ4v) is 5.44. The molecule has 2 aliphatic rings. The molecule has 3 aromatic heterocycles. The molecule has 0 spiro atoms. The number of benzene rings is 1. The number of hydrogen-bond donors (Lipinski definition) is 3. The Bertz CT molecular complexity index is 1770. The van der Waals surface area contributed by atoms with E-state index >= 15 is 0 Å². The van der Waals surface area contributed by atoms with Gasteiger partial charge in [-0.15, -0.1) is 10.2 Å². The first-order valence-electron chi connectivity index (χ1n) is 14.9. The number of anilines is 3. The second kappa shape index (κ2) is 12.4. The van der Waals surface area contributed by atoms with Crippen LogP contribution in [0.15, 0.2) is 54.9 Å². The highest BCUT2D eigenvalue weighted by atomic mass is 16.5. The van der Waals surface area contributed by atoms with Crippen molar-refractivity contribution in [1.29, 1.82) is 0 Å². The first-order valence-corrected chi connectivity index (χ1v) is 14.9. The molecule has 1 saturated carbocycles. The molecule has 2 fully saturated rings. The lowest BCUT2D eigenvalue weighted by Gasteiger charge is -2.46. The zero-order valence-electron chi connectivity index (χ0n) is 25.6. The second-order valence-electron chi connectivity index (χ2n) is 11.4. The lowest BCUT2D eigenvalue weighted by Crippen LogP contribution is -2.54. The van der Waals surface area contributed by atoms with Gasteiger partial charge in [0.1, 0.15) is 11.4 Å². The van der Waals surface area contributed by atoms with Crippen LogP contribution in [0.1, 0.15) is 59.4 Å². The van der Waals surface area contributed by atoms with Crippen LogP contribution in [0, 0.1) is 5.92 Å². The number of pyridine rings is 1. The lowest BCUT2D eigenvalue weighted by atomic mass is 9.97. The second-order valence-corrected chi connectivity index (χ2v) is 11.4. The molecule has 6 rings (SSSR count). The number of hydrogen-bond acceptors (Lipinski definition) is 10. The van der Waals surface area contributed by atoms with Crippen molar-refractivity contribution in [3.63, 3.8) is 0 Å². The summed E-state index contributed by atoms with van der Waals surface area (Å²) in [7, 11) is 3.10.